The smallest absolute Gasteiger partial charge is 0.223 e. The Morgan fingerprint density at radius 2 is 2.13 bits per heavy atom. The summed E-state index contributed by atoms with van der Waals surface area (Å²) in [4.78, 5) is 12.5. The number of hydrogen-bond donors (Lipinski definition) is 1. The summed E-state index contributed by atoms with van der Waals surface area (Å²) in [5, 5.41) is 3.14. The molecule has 1 heterocycles. The van der Waals surface area contributed by atoms with Crippen LogP contribution in [0.25, 0.3) is 0 Å². The van der Waals surface area contributed by atoms with Gasteiger partial charge in [0.05, 0.1) is 6.10 Å². The molecule has 3 aliphatic rings. The molecule has 3 nitrogen and oxygen atoms in total. The predicted molar refractivity (Wildman–Crippen MR) is 80.8 cm³/mol. The lowest BCUT2D eigenvalue weighted by Gasteiger charge is -2.54. The summed E-state index contributed by atoms with van der Waals surface area (Å²) in [5.74, 6) is -1.77. The molecule has 1 aromatic rings. The van der Waals surface area contributed by atoms with Crippen molar-refractivity contribution >= 4 is 5.91 Å². The maximum absolute atomic E-state index is 13.8. The van der Waals surface area contributed by atoms with Crippen LogP contribution in [0, 0.1) is 28.9 Å². The van der Waals surface area contributed by atoms with Crippen LogP contribution in [0.5, 0.6) is 0 Å². The fraction of sp³-hybridized carbons (Fsp3) is 0.611. The molecule has 1 N–H and O–H groups in total. The van der Waals surface area contributed by atoms with Gasteiger partial charge < -0.3 is 10.1 Å². The topological polar surface area (TPSA) is 38.3 Å². The summed E-state index contributed by atoms with van der Waals surface area (Å²) in [6, 6.07) is 4.29. The molecule has 3 fully saturated rings. The molecule has 0 radical (unpaired) electrons. The van der Waals surface area contributed by atoms with Gasteiger partial charge in [0, 0.05) is 29.9 Å². The number of carbonyl (C=O) groups excluding carboxylic acids is 1. The Balaban J connectivity index is 1.43. The number of benzene rings is 1. The predicted octanol–water partition coefficient (Wildman–Crippen LogP) is 3.00. The van der Waals surface area contributed by atoms with E-state index >= 15 is 0 Å². The van der Waals surface area contributed by atoms with Crippen LogP contribution < -0.4 is 5.32 Å². The number of halogens is 2. The largest absolute Gasteiger partial charge is 0.377 e. The van der Waals surface area contributed by atoms with Gasteiger partial charge in [-0.25, -0.2) is 8.78 Å². The number of carbonyl (C=O) groups is 1. The maximum Gasteiger partial charge on any atom is 0.223 e. The number of fused-ring (bicyclic) bond motifs is 1. The lowest BCUT2D eigenvalue weighted by Crippen LogP contribution is -2.66. The number of hydrogen-bond acceptors (Lipinski definition) is 2. The van der Waals surface area contributed by atoms with Crippen molar-refractivity contribution in [3.8, 4) is 0 Å². The van der Waals surface area contributed by atoms with Crippen LogP contribution in [0.3, 0.4) is 0 Å². The van der Waals surface area contributed by atoms with Crippen molar-refractivity contribution in [2.24, 2.45) is 17.3 Å². The zero-order valence-electron chi connectivity index (χ0n) is 13.3. The second-order valence-electron chi connectivity index (χ2n) is 7.64. The average Bonchev–Trinajstić information content (AvgIpc) is 3.17. The van der Waals surface area contributed by atoms with E-state index in [-0.39, 0.29) is 35.3 Å². The first-order valence-corrected chi connectivity index (χ1v) is 8.27. The van der Waals surface area contributed by atoms with E-state index in [1.807, 2.05) is 0 Å². The summed E-state index contributed by atoms with van der Waals surface area (Å²) in [5.41, 5.74) is 0.255. The van der Waals surface area contributed by atoms with E-state index in [0.29, 0.717) is 17.9 Å². The van der Waals surface area contributed by atoms with Crippen LogP contribution in [0.2, 0.25) is 0 Å². The van der Waals surface area contributed by atoms with Crippen LogP contribution in [0.4, 0.5) is 8.78 Å². The third-order valence-corrected chi connectivity index (χ3v) is 5.91. The molecule has 2 saturated carbocycles. The van der Waals surface area contributed by atoms with Crippen LogP contribution in [0.15, 0.2) is 18.2 Å². The highest BCUT2D eigenvalue weighted by molar-refractivity contribution is 5.83. The summed E-state index contributed by atoms with van der Waals surface area (Å²) < 4.78 is 32.9. The SMILES string of the molecule is CC1(C)[C@H](NC(=O)[C@@H]2C[C@@H]2c2cccc(F)c2F)[C@H]2CCO[C@@H]21. The lowest BCUT2D eigenvalue weighted by molar-refractivity contribution is -0.138. The van der Waals surface area contributed by atoms with E-state index < -0.39 is 11.6 Å². The van der Waals surface area contributed by atoms with Crippen molar-refractivity contribution in [2.75, 3.05) is 6.61 Å². The Kier molecular flexibility index (Phi) is 3.28. The van der Waals surface area contributed by atoms with Gasteiger partial charge in [-0.2, -0.15) is 0 Å². The highest BCUT2D eigenvalue weighted by Crippen LogP contribution is 2.53. The summed E-state index contributed by atoms with van der Waals surface area (Å²) in [6.07, 6.45) is 1.79. The van der Waals surface area contributed by atoms with Gasteiger partial charge in [0.1, 0.15) is 0 Å². The Hall–Kier alpha value is -1.49. The molecule has 1 aromatic carbocycles. The Morgan fingerprint density at radius 1 is 1.35 bits per heavy atom. The van der Waals surface area contributed by atoms with Gasteiger partial charge in [-0.15, -0.1) is 0 Å². The molecule has 1 saturated heterocycles. The third kappa shape index (κ3) is 2.20. The fourth-order valence-corrected chi connectivity index (χ4v) is 4.51. The molecule has 4 rings (SSSR count). The summed E-state index contributed by atoms with van der Waals surface area (Å²) >= 11 is 0. The van der Waals surface area contributed by atoms with E-state index in [2.05, 4.69) is 19.2 Å². The van der Waals surface area contributed by atoms with E-state index in [1.54, 1.807) is 6.07 Å². The minimum absolute atomic E-state index is 0.0397. The van der Waals surface area contributed by atoms with Crippen molar-refractivity contribution in [3.63, 3.8) is 0 Å². The van der Waals surface area contributed by atoms with Gasteiger partial charge in [-0.1, -0.05) is 26.0 Å². The standard InChI is InChI=1S/C18H21F2NO2/c1-18(2)15(10-6-7-23-16(10)18)21-17(22)12-8-11(12)9-4-3-5-13(19)14(9)20/h3-5,10-12,15-16H,6-8H2,1-2H3,(H,21,22)/t10-,11-,12-,15-,16+/m1/s1. The molecule has 0 unspecified atom stereocenters. The van der Waals surface area contributed by atoms with Gasteiger partial charge in [-0.3, -0.25) is 4.79 Å². The summed E-state index contributed by atoms with van der Waals surface area (Å²) in [6.45, 7) is 4.98. The number of amides is 1. The molecule has 1 aliphatic heterocycles. The summed E-state index contributed by atoms with van der Waals surface area (Å²) in [7, 11) is 0. The van der Waals surface area contributed by atoms with Gasteiger partial charge in [0.2, 0.25) is 5.91 Å². The molecule has 5 atom stereocenters. The van der Waals surface area contributed by atoms with Crippen molar-refractivity contribution in [2.45, 2.75) is 44.8 Å². The van der Waals surface area contributed by atoms with E-state index in [1.165, 1.54) is 6.07 Å². The Labute approximate surface area is 134 Å². The molecule has 1 amide bonds. The first-order valence-electron chi connectivity index (χ1n) is 8.27. The highest BCUT2D eigenvalue weighted by Gasteiger charge is 2.60. The molecule has 5 heteroatoms. The maximum atomic E-state index is 13.8. The normalized spacial score (nSPS) is 37.0. The van der Waals surface area contributed by atoms with Crippen LogP contribution >= 0.6 is 0 Å². The van der Waals surface area contributed by atoms with Crippen LogP contribution in [-0.2, 0) is 9.53 Å². The van der Waals surface area contributed by atoms with Crippen molar-refractivity contribution < 1.29 is 18.3 Å². The second kappa shape index (κ2) is 5.00. The number of nitrogens with one attached hydrogen (secondary N) is 1. The fourth-order valence-electron chi connectivity index (χ4n) is 4.51. The van der Waals surface area contributed by atoms with Crippen molar-refractivity contribution in [1.29, 1.82) is 0 Å². The van der Waals surface area contributed by atoms with Crippen LogP contribution in [-0.4, -0.2) is 24.7 Å². The second-order valence-corrected chi connectivity index (χ2v) is 7.64. The number of ether oxygens (including phenoxy) is 1. The molecule has 2 aliphatic carbocycles. The van der Waals surface area contributed by atoms with E-state index in [0.717, 1.165) is 19.1 Å². The first-order chi connectivity index (χ1) is 10.9. The quantitative estimate of drug-likeness (QED) is 0.929. The third-order valence-electron chi connectivity index (χ3n) is 5.91. The zero-order chi connectivity index (χ0) is 16.4. The Morgan fingerprint density at radius 3 is 2.91 bits per heavy atom. The van der Waals surface area contributed by atoms with Gasteiger partial charge >= 0.3 is 0 Å². The molecular formula is C18H21F2NO2. The Bertz CT molecular complexity index is 660. The molecule has 0 bridgehead atoms. The van der Waals surface area contributed by atoms with E-state index in [9.17, 15) is 13.6 Å². The van der Waals surface area contributed by atoms with Gasteiger partial charge in [-0.05, 0) is 30.4 Å². The van der Waals surface area contributed by atoms with E-state index in [4.69, 9.17) is 4.74 Å². The molecule has 23 heavy (non-hydrogen) atoms. The molecule has 0 spiro atoms. The van der Waals surface area contributed by atoms with Gasteiger partial charge in [0.15, 0.2) is 11.6 Å². The minimum Gasteiger partial charge on any atom is -0.377 e. The monoisotopic (exact) mass is 321 g/mol. The molecular weight excluding hydrogens is 300 g/mol. The average molecular weight is 321 g/mol. The minimum atomic E-state index is -0.848. The van der Waals surface area contributed by atoms with Gasteiger partial charge in [0.25, 0.3) is 0 Å². The highest BCUT2D eigenvalue weighted by atomic mass is 19.2. The van der Waals surface area contributed by atoms with Crippen LogP contribution in [0.1, 0.15) is 38.2 Å². The lowest BCUT2D eigenvalue weighted by atomic mass is 9.57. The van der Waals surface area contributed by atoms with Crippen molar-refractivity contribution in [1.82, 2.24) is 5.32 Å². The molecule has 0 aromatic heterocycles. The zero-order valence-corrected chi connectivity index (χ0v) is 13.3. The molecule has 124 valence electrons. The first kappa shape index (κ1) is 15.1. The van der Waals surface area contributed by atoms with Crippen molar-refractivity contribution in [3.05, 3.63) is 35.4 Å². The number of rotatable bonds is 3.